The van der Waals surface area contributed by atoms with Gasteiger partial charge in [0.2, 0.25) is 0 Å². The van der Waals surface area contributed by atoms with Gasteiger partial charge in [-0.1, -0.05) is 29.8 Å². The molecule has 0 radical (unpaired) electrons. The number of amides is 1. The van der Waals surface area contributed by atoms with Crippen molar-refractivity contribution in [2.45, 2.75) is 13.8 Å². The highest BCUT2D eigenvalue weighted by Crippen LogP contribution is 2.22. The van der Waals surface area contributed by atoms with Crippen LogP contribution in [0.3, 0.4) is 0 Å². The Kier molecular flexibility index (Phi) is 4.64. The molecule has 0 aliphatic rings. The second-order valence-electron chi connectivity index (χ2n) is 4.49. The van der Waals surface area contributed by atoms with E-state index in [9.17, 15) is 4.79 Å². The van der Waals surface area contributed by atoms with Gasteiger partial charge in [0, 0.05) is 22.9 Å². The fraction of sp³-hybridized carbons (Fsp3) is 0.188. The summed E-state index contributed by atoms with van der Waals surface area (Å²) in [7, 11) is 0. The molecule has 0 saturated heterocycles. The summed E-state index contributed by atoms with van der Waals surface area (Å²) in [4.78, 5) is 12.3. The summed E-state index contributed by atoms with van der Waals surface area (Å²) in [6.07, 6.45) is 0. The summed E-state index contributed by atoms with van der Waals surface area (Å²) < 4.78 is 0. The van der Waals surface area contributed by atoms with Crippen LogP contribution < -0.4 is 10.6 Å². The Morgan fingerprint density at radius 2 is 1.95 bits per heavy atom. The number of halogens is 1. The smallest absolute Gasteiger partial charge is 0.257 e. The third-order valence-corrected chi connectivity index (χ3v) is 3.38. The molecule has 0 atom stereocenters. The Labute approximate surface area is 124 Å². The van der Waals surface area contributed by atoms with Gasteiger partial charge in [0.25, 0.3) is 5.91 Å². The molecule has 1 amide bonds. The summed E-state index contributed by atoms with van der Waals surface area (Å²) in [5.41, 5.74) is 3.12. The maximum atomic E-state index is 12.3. The van der Waals surface area contributed by atoms with Gasteiger partial charge in [0.15, 0.2) is 0 Å². The van der Waals surface area contributed by atoms with Crippen molar-refractivity contribution in [2.24, 2.45) is 0 Å². The SMILES string of the molecule is CCNc1ccccc1C(=O)Nc1ccc(C)c(Cl)c1. The summed E-state index contributed by atoms with van der Waals surface area (Å²) in [6.45, 7) is 4.68. The van der Waals surface area contributed by atoms with Crippen LogP contribution in [-0.2, 0) is 0 Å². The average molecular weight is 289 g/mol. The molecule has 0 saturated carbocycles. The number of hydrogen-bond donors (Lipinski definition) is 2. The van der Waals surface area contributed by atoms with Crippen LogP contribution in [0.5, 0.6) is 0 Å². The Hall–Kier alpha value is -2.00. The fourth-order valence-corrected chi connectivity index (χ4v) is 2.08. The van der Waals surface area contributed by atoms with E-state index in [0.717, 1.165) is 17.8 Å². The molecule has 0 aromatic heterocycles. The van der Waals surface area contributed by atoms with Crippen molar-refractivity contribution >= 4 is 28.9 Å². The minimum absolute atomic E-state index is 0.151. The van der Waals surface area contributed by atoms with Crippen molar-refractivity contribution in [3.8, 4) is 0 Å². The van der Waals surface area contributed by atoms with E-state index in [1.165, 1.54) is 0 Å². The molecule has 0 heterocycles. The summed E-state index contributed by atoms with van der Waals surface area (Å²) in [5.74, 6) is -0.151. The van der Waals surface area contributed by atoms with Crippen molar-refractivity contribution in [3.63, 3.8) is 0 Å². The zero-order chi connectivity index (χ0) is 14.5. The topological polar surface area (TPSA) is 41.1 Å². The molecule has 4 heteroatoms. The third kappa shape index (κ3) is 3.31. The van der Waals surface area contributed by atoms with Crippen LogP contribution in [0.4, 0.5) is 11.4 Å². The van der Waals surface area contributed by atoms with Gasteiger partial charge in [-0.25, -0.2) is 0 Å². The van der Waals surface area contributed by atoms with E-state index < -0.39 is 0 Å². The van der Waals surface area contributed by atoms with E-state index in [2.05, 4.69) is 10.6 Å². The molecule has 2 rings (SSSR count). The maximum Gasteiger partial charge on any atom is 0.257 e. The van der Waals surface area contributed by atoms with Gasteiger partial charge in [-0.15, -0.1) is 0 Å². The van der Waals surface area contributed by atoms with Crippen LogP contribution >= 0.6 is 11.6 Å². The Morgan fingerprint density at radius 1 is 1.20 bits per heavy atom. The minimum atomic E-state index is -0.151. The number of para-hydroxylation sites is 1. The molecule has 0 aliphatic carbocycles. The number of anilines is 2. The van der Waals surface area contributed by atoms with Crippen molar-refractivity contribution < 1.29 is 4.79 Å². The lowest BCUT2D eigenvalue weighted by molar-refractivity contribution is 0.102. The molecule has 2 aromatic carbocycles. The summed E-state index contributed by atoms with van der Waals surface area (Å²) in [5, 5.41) is 6.68. The number of benzene rings is 2. The molecule has 3 nitrogen and oxygen atoms in total. The molecule has 104 valence electrons. The number of carbonyl (C=O) groups is 1. The van der Waals surface area contributed by atoms with Gasteiger partial charge >= 0.3 is 0 Å². The largest absolute Gasteiger partial charge is 0.385 e. The molecule has 0 bridgehead atoms. The Morgan fingerprint density at radius 3 is 2.65 bits per heavy atom. The first-order chi connectivity index (χ1) is 9.61. The number of hydrogen-bond acceptors (Lipinski definition) is 2. The standard InChI is InChI=1S/C16H17ClN2O/c1-3-18-15-7-5-4-6-13(15)16(20)19-12-9-8-11(2)14(17)10-12/h4-10,18H,3H2,1-2H3,(H,19,20). The lowest BCUT2D eigenvalue weighted by Gasteiger charge is -2.11. The van der Waals surface area contributed by atoms with Gasteiger partial charge < -0.3 is 10.6 Å². The molecule has 0 aliphatic heterocycles. The fourth-order valence-electron chi connectivity index (χ4n) is 1.89. The van der Waals surface area contributed by atoms with Crippen molar-refractivity contribution in [1.29, 1.82) is 0 Å². The monoisotopic (exact) mass is 288 g/mol. The van der Waals surface area contributed by atoms with E-state index in [1.54, 1.807) is 12.1 Å². The lowest BCUT2D eigenvalue weighted by Crippen LogP contribution is -2.14. The predicted molar refractivity (Wildman–Crippen MR) is 84.7 cm³/mol. The normalized spacial score (nSPS) is 10.2. The van der Waals surface area contributed by atoms with E-state index in [0.29, 0.717) is 16.3 Å². The quantitative estimate of drug-likeness (QED) is 0.879. The molecule has 0 fully saturated rings. The summed E-state index contributed by atoms with van der Waals surface area (Å²) >= 11 is 6.06. The molecule has 2 aromatic rings. The Bertz CT molecular complexity index is 626. The number of rotatable bonds is 4. The van der Waals surface area contributed by atoms with Crippen LogP contribution in [0, 0.1) is 6.92 Å². The van der Waals surface area contributed by atoms with Gasteiger partial charge in [0.1, 0.15) is 0 Å². The number of aryl methyl sites for hydroxylation is 1. The second kappa shape index (κ2) is 6.44. The van der Waals surface area contributed by atoms with Crippen molar-refractivity contribution in [1.82, 2.24) is 0 Å². The highest BCUT2D eigenvalue weighted by Gasteiger charge is 2.11. The Balaban J connectivity index is 2.21. The van der Waals surface area contributed by atoms with Gasteiger partial charge in [-0.3, -0.25) is 4.79 Å². The van der Waals surface area contributed by atoms with Crippen molar-refractivity contribution in [3.05, 3.63) is 58.6 Å². The zero-order valence-corrected chi connectivity index (χ0v) is 12.3. The van der Waals surface area contributed by atoms with Gasteiger partial charge in [0.05, 0.1) is 5.56 Å². The number of carbonyl (C=O) groups excluding carboxylic acids is 1. The van der Waals surface area contributed by atoms with Crippen molar-refractivity contribution in [2.75, 3.05) is 17.2 Å². The maximum absolute atomic E-state index is 12.3. The zero-order valence-electron chi connectivity index (χ0n) is 11.5. The van der Waals surface area contributed by atoms with Gasteiger partial charge in [-0.05, 0) is 43.7 Å². The van der Waals surface area contributed by atoms with Crippen LogP contribution in [0.15, 0.2) is 42.5 Å². The molecule has 0 unspecified atom stereocenters. The van der Waals surface area contributed by atoms with Crippen LogP contribution in [-0.4, -0.2) is 12.5 Å². The molecule has 0 spiro atoms. The van der Waals surface area contributed by atoms with Crippen LogP contribution in [0.25, 0.3) is 0 Å². The first kappa shape index (κ1) is 14.4. The van der Waals surface area contributed by atoms with E-state index in [1.807, 2.05) is 44.2 Å². The third-order valence-electron chi connectivity index (χ3n) is 2.97. The first-order valence-corrected chi connectivity index (χ1v) is 6.90. The van der Waals surface area contributed by atoms with E-state index >= 15 is 0 Å². The van der Waals surface area contributed by atoms with Crippen LogP contribution in [0.1, 0.15) is 22.8 Å². The lowest BCUT2D eigenvalue weighted by atomic mass is 10.1. The summed E-state index contributed by atoms with van der Waals surface area (Å²) in [6, 6.07) is 12.9. The number of nitrogens with one attached hydrogen (secondary N) is 2. The minimum Gasteiger partial charge on any atom is -0.385 e. The highest BCUT2D eigenvalue weighted by atomic mass is 35.5. The second-order valence-corrected chi connectivity index (χ2v) is 4.90. The first-order valence-electron chi connectivity index (χ1n) is 6.52. The average Bonchev–Trinajstić information content (AvgIpc) is 2.44. The molecule has 2 N–H and O–H groups in total. The van der Waals surface area contributed by atoms with Gasteiger partial charge in [-0.2, -0.15) is 0 Å². The molecule has 20 heavy (non-hydrogen) atoms. The molecular formula is C16H17ClN2O. The highest BCUT2D eigenvalue weighted by molar-refractivity contribution is 6.31. The predicted octanol–water partition coefficient (Wildman–Crippen LogP) is 4.33. The van der Waals surface area contributed by atoms with E-state index in [-0.39, 0.29) is 5.91 Å². The molecular weight excluding hydrogens is 272 g/mol. The van der Waals surface area contributed by atoms with E-state index in [4.69, 9.17) is 11.6 Å². The van der Waals surface area contributed by atoms with Crippen LogP contribution in [0.2, 0.25) is 5.02 Å².